The van der Waals surface area contributed by atoms with E-state index in [1.54, 1.807) is 0 Å². The predicted octanol–water partition coefficient (Wildman–Crippen LogP) is 2.67. The smallest absolute Gasteiger partial charge is 0.00103 e. The van der Waals surface area contributed by atoms with E-state index in [9.17, 15) is 0 Å². The summed E-state index contributed by atoms with van der Waals surface area (Å²) in [4.78, 5) is 0. The Bertz CT molecular complexity index is 86.9. The molecule has 0 rings (SSSR count). The van der Waals surface area contributed by atoms with Crippen LogP contribution >= 0.6 is 0 Å². The highest BCUT2D eigenvalue weighted by atomic mass is 14.9. The molecule has 1 unspecified atom stereocenters. The molecule has 0 heterocycles. The third kappa shape index (κ3) is 6.36. The molecule has 0 aliphatic heterocycles. The van der Waals surface area contributed by atoms with Crippen molar-refractivity contribution in [3.63, 3.8) is 0 Å². The van der Waals surface area contributed by atoms with E-state index in [4.69, 9.17) is 0 Å². The minimum atomic E-state index is 0.634. The fourth-order valence-electron chi connectivity index (χ4n) is 0.933. The van der Waals surface area contributed by atoms with Gasteiger partial charge in [-0.2, -0.15) is 0 Å². The summed E-state index contributed by atoms with van der Waals surface area (Å²) in [6, 6.07) is 0.634. The lowest BCUT2D eigenvalue weighted by atomic mass is 9.95. The Morgan fingerprint density at radius 1 is 1.00 bits per heavy atom. The quantitative estimate of drug-likeness (QED) is 0.647. The minimum absolute atomic E-state index is 0.634. The highest BCUT2D eigenvalue weighted by Gasteiger charge is 2.05. The first-order valence-corrected chi connectivity index (χ1v) is 4.77. The fraction of sp³-hybridized carbons (Fsp3) is 1.00. The van der Waals surface area contributed by atoms with E-state index in [-0.39, 0.29) is 0 Å². The molecule has 11 heavy (non-hydrogen) atoms. The van der Waals surface area contributed by atoms with Crippen molar-refractivity contribution in [3.05, 3.63) is 0 Å². The molecule has 0 fully saturated rings. The van der Waals surface area contributed by atoms with Crippen LogP contribution in [-0.2, 0) is 0 Å². The van der Waals surface area contributed by atoms with Gasteiger partial charge in [0.1, 0.15) is 0 Å². The molecule has 0 aliphatic rings. The summed E-state index contributed by atoms with van der Waals surface area (Å²) in [5.74, 6) is 1.67. The van der Waals surface area contributed by atoms with Crippen LogP contribution in [0.15, 0.2) is 0 Å². The highest BCUT2D eigenvalue weighted by Crippen LogP contribution is 2.12. The van der Waals surface area contributed by atoms with Crippen molar-refractivity contribution in [1.82, 2.24) is 5.32 Å². The van der Waals surface area contributed by atoms with Gasteiger partial charge in [-0.1, -0.05) is 34.6 Å². The second-order valence-corrected chi connectivity index (χ2v) is 4.12. The average molecular weight is 157 g/mol. The van der Waals surface area contributed by atoms with Gasteiger partial charge in [0.15, 0.2) is 0 Å². The van der Waals surface area contributed by atoms with E-state index in [2.05, 4.69) is 39.9 Å². The maximum atomic E-state index is 3.43. The maximum absolute atomic E-state index is 3.43. The van der Waals surface area contributed by atoms with Crippen molar-refractivity contribution in [1.29, 1.82) is 0 Å². The van der Waals surface area contributed by atoms with Gasteiger partial charge in [-0.15, -0.1) is 0 Å². The second-order valence-electron chi connectivity index (χ2n) is 4.12. The molecule has 0 spiro atoms. The third-order valence-electron chi connectivity index (χ3n) is 2.29. The lowest BCUT2D eigenvalue weighted by Gasteiger charge is -2.16. The minimum Gasteiger partial charge on any atom is -0.315 e. The standard InChI is InChI=1S/C10H23N/c1-8(2)10(5)6-7-11-9(3)4/h8-11H,6-7H2,1-5H3. The van der Waals surface area contributed by atoms with Gasteiger partial charge >= 0.3 is 0 Å². The zero-order chi connectivity index (χ0) is 8.85. The van der Waals surface area contributed by atoms with Crippen LogP contribution < -0.4 is 5.32 Å². The lowest BCUT2D eigenvalue weighted by molar-refractivity contribution is 0.376. The van der Waals surface area contributed by atoms with E-state index >= 15 is 0 Å². The summed E-state index contributed by atoms with van der Waals surface area (Å²) in [7, 11) is 0. The number of rotatable bonds is 5. The van der Waals surface area contributed by atoms with Crippen LogP contribution in [-0.4, -0.2) is 12.6 Å². The van der Waals surface area contributed by atoms with Crippen LogP contribution in [0.3, 0.4) is 0 Å². The topological polar surface area (TPSA) is 12.0 Å². The summed E-state index contributed by atoms with van der Waals surface area (Å²) in [5, 5.41) is 3.43. The first kappa shape index (κ1) is 11.0. The van der Waals surface area contributed by atoms with E-state index in [1.165, 1.54) is 6.42 Å². The van der Waals surface area contributed by atoms with Gasteiger partial charge in [0.05, 0.1) is 0 Å². The summed E-state index contributed by atoms with van der Waals surface area (Å²) in [5.41, 5.74) is 0. The van der Waals surface area contributed by atoms with Crippen molar-refractivity contribution in [2.45, 2.75) is 47.1 Å². The summed E-state index contributed by atoms with van der Waals surface area (Å²) in [6.07, 6.45) is 1.30. The van der Waals surface area contributed by atoms with Crippen molar-refractivity contribution < 1.29 is 0 Å². The van der Waals surface area contributed by atoms with E-state index in [0.717, 1.165) is 18.4 Å². The summed E-state index contributed by atoms with van der Waals surface area (Å²) in [6.45, 7) is 12.5. The average Bonchev–Trinajstić information content (AvgIpc) is 1.86. The molecule has 0 aromatic rings. The molecular weight excluding hydrogens is 134 g/mol. The van der Waals surface area contributed by atoms with Crippen LogP contribution in [0.1, 0.15) is 41.0 Å². The maximum Gasteiger partial charge on any atom is 0.00103 e. The molecule has 1 heteroatoms. The molecule has 0 bridgehead atoms. The van der Waals surface area contributed by atoms with Crippen molar-refractivity contribution in [2.24, 2.45) is 11.8 Å². The largest absolute Gasteiger partial charge is 0.315 e. The Morgan fingerprint density at radius 2 is 1.55 bits per heavy atom. The van der Waals surface area contributed by atoms with Crippen molar-refractivity contribution >= 4 is 0 Å². The van der Waals surface area contributed by atoms with Crippen molar-refractivity contribution in [2.75, 3.05) is 6.54 Å². The van der Waals surface area contributed by atoms with E-state index < -0.39 is 0 Å². The third-order valence-corrected chi connectivity index (χ3v) is 2.29. The van der Waals surface area contributed by atoms with Crippen LogP contribution in [0.5, 0.6) is 0 Å². The number of hydrogen-bond acceptors (Lipinski definition) is 1. The van der Waals surface area contributed by atoms with Gasteiger partial charge in [0.25, 0.3) is 0 Å². The van der Waals surface area contributed by atoms with E-state index in [0.29, 0.717) is 6.04 Å². The SMILES string of the molecule is CC(C)NCCC(C)C(C)C. The fourth-order valence-corrected chi connectivity index (χ4v) is 0.933. The first-order chi connectivity index (χ1) is 5.04. The van der Waals surface area contributed by atoms with Gasteiger partial charge in [0.2, 0.25) is 0 Å². The van der Waals surface area contributed by atoms with E-state index in [1.807, 2.05) is 0 Å². The van der Waals surface area contributed by atoms with Gasteiger partial charge in [0, 0.05) is 6.04 Å². The Morgan fingerprint density at radius 3 is 1.91 bits per heavy atom. The zero-order valence-corrected chi connectivity index (χ0v) is 8.65. The van der Waals surface area contributed by atoms with Gasteiger partial charge < -0.3 is 5.32 Å². The molecule has 0 radical (unpaired) electrons. The Balaban J connectivity index is 3.24. The highest BCUT2D eigenvalue weighted by molar-refractivity contribution is 4.60. The molecule has 0 saturated carbocycles. The molecule has 0 aromatic carbocycles. The van der Waals surface area contributed by atoms with Gasteiger partial charge in [-0.3, -0.25) is 0 Å². The van der Waals surface area contributed by atoms with Crippen LogP contribution in [0.2, 0.25) is 0 Å². The monoisotopic (exact) mass is 157 g/mol. The summed E-state index contributed by atoms with van der Waals surface area (Å²) < 4.78 is 0. The second kappa shape index (κ2) is 5.59. The predicted molar refractivity (Wildman–Crippen MR) is 51.8 cm³/mol. The molecule has 1 nitrogen and oxygen atoms in total. The number of nitrogens with one attached hydrogen (secondary N) is 1. The van der Waals surface area contributed by atoms with Gasteiger partial charge in [-0.25, -0.2) is 0 Å². The van der Waals surface area contributed by atoms with Gasteiger partial charge in [-0.05, 0) is 24.8 Å². The molecule has 0 saturated heterocycles. The normalized spacial score (nSPS) is 14.5. The van der Waals surface area contributed by atoms with Crippen molar-refractivity contribution in [3.8, 4) is 0 Å². The molecule has 0 aliphatic carbocycles. The van der Waals surface area contributed by atoms with Crippen LogP contribution in [0, 0.1) is 11.8 Å². The molecule has 68 valence electrons. The molecule has 0 amide bonds. The first-order valence-electron chi connectivity index (χ1n) is 4.77. The summed E-state index contributed by atoms with van der Waals surface area (Å²) >= 11 is 0. The van der Waals surface area contributed by atoms with Crippen LogP contribution in [0.4, 0.5) is 0 Å². The zero-order valence-electron chi connectivity index (χ0n) is 8.65. The Hall–Kier alpha value is -0.0400. The molecular formula is C10H23N. The molecule has 1 atom stereocenters. The number of hydrogen-bond donors (Lipinski definition) is 1. The molecule has 0 aromatic heterocycles. The Labute approximate surface area is 71.6 Å². The molecule has 1 N–H and O–H groups in total. The van der Waals surface area contributed by atoms with Crippen LogP contribution in [0.25, 0.3) is 0 Å². The Kier molecular flexibility index (Phi) is 5.57. The lowest BCUT2D eigenvalue weighted by Crippen LogP contribution is -2.25.